The highest BCUT2D eigenvalue weighted by atomic mass is 32.1. The van der Waals surface area contributed by atoms with E-state index in [1.807, 2.05) is 17.5 Å². The number of thiazole rings is 1. The summed E-state index contributed by atoms with van der Waals surface area (Å²) < 4.78 is 5.34. The highest BCUT2D eigenvalue weighted by Crippen LogP contribution is 2.29. The first-order valence-electron chi connectivity index (χ1n) is 8.51. The zero-order chi connectivity index (χ0) is 17.5. The summed E-state index contributed by atoms with van der Waals surface area (Å²) in [7, 11) is 0. The van der Waals surface area contributed by atoms with Crippen molar-refractivity contribution in [1.82, 2.24) is 15.3 Å². The van der Waals surface area contributed by atoms with E-state index in [1.54, 1.807) is 23.7 Å². The summed E-state index contributed by atoms with van der Waals surface area (Å²) in [6.07, 6.45) is 6.10. The van der Waals surface area contributed by atoms with Crippen LogP contribution in [0.3, 0.4) is 0 Å². The Balaban J connectivity index is 1.47. The van der Waals surface area contributed by atoms with Crippen LogP contribution < -0.4 is 5.32 Å². The highest BCUT2D eigenvalue weighted by Gasteiger charge is 2.32. The Hall–Kier alpha value is -1.83. The normalized spacial score (nSPS) is 16.5. The van der Waals surface area contributed by atoms with Gasteiger partial charge in [-0.25, -0.2) is 4.98 Å². The van der Waals surface area contributed by atoms with Gasteiger partial charge in [-0.1, -0.05) is 0 Å². The summed E-state index contributed by atoms with van der Waals surface area (Å²) in [5.41, 5.74) is 1.68. The Morgan fingerprint density at radius 3 is 2.96 bits per heavy atom. The van der Waals surface area contributed by atoms with Gasteiger partial charge in [0.15, 0.2) is 0 Å². The van der Waals surface area contributed by atoms with Crippen molar-refractivity contribution < 1.29 is 14.6 Å². The lowest BCUT2D eigenvalue weighted by atomic mass is 9.81. The van der Waals surface area contributed by atoms with Gasteiger partial charge >= 0.3 is 0 Å². The summed E-state index contributed by atoms with van der Waals surface area (Å²) >= 11 is 1.56. The Morgan fingerprint density at radius 1 is 1.40 bits per heavy atom. The average molecular weight is 361 g/mol. The maximum atomic E-state index is 12.1. The van der Waals surface area contributed by atoms with E-state index in [1.165, 1.54) is 0 Å². The molecule has 7 heteroatoms. The lowest BCUT2D eigenvalue weighted by Crippen LogP contribution is -2.43. The van der Waals surface area contributed by atoms with Crippen molar-refractivity contribution in [2.24, 2.45) is 5.41 Å². The van der Waals surface area contributed by atoms with Crippen molar-refractivity contribution in [3.05, 3.63) is 35.6 Å². The first-order chi connectivity index (χ1) is 12.2. The summed E-state index contributed by atoms with van der Waals surface area (Å²) in [5.74, 6) is -0.00440. The number of aliphatic hydroxyl groups excluding tert-OH is 1. The Morgan fingerprint density at radius 2 is 2.24 bits per heavy atom. The number of aromatic nitrogens is 2. The highest BCUT2D eigenvalue weighted by molar-refractivity contribution is 7.13. The molecule has 1 fully saturated rings. The number of hydrogen-bond acceptors (Lipinski definition) is 6. The third-order valence-corrected chi connectivity index (χ3v) is 5.56. The molecular formula is C18H23N3O3S. The van der Waals surface area contributed by atoms with Crippen molar-refractivity contribution in [3.8, 4) is 10.6 Å². The number of aliphatic hydroxyl groups is 1. The fourth-order valence-corrected chi connectivity index (χ4v) is 3.70. The predicted octanol–water partition coefficient (Wildman–Crippen LogP) is 2.04. The maximum Gasteiger partial charge on any atom is 0.220 e. The summed E-state index contributed by atoms with van der Waals surface area (Å²) in [5, 5.41) is 15.5. The van der Waals surface area contributed by atoms with E-state index in [0.717, 1.165) is 29.1 Å². The van der Waals surface area contributed by atoms with Crippen LogP contribution in [0.15, 0.2) is 29.9 Å². The van der Waals surface area contributed by atoms with E-state index in [2.05, 4.69) is 15.3 Å². The molecular weight excluding hydrogens is 338 g/mol. The molecule has 0 bridgehead atoms. The van der Waals surface area contributed by atoms with Gasteiger partial charge in [0.25, 0.3) is 0 Å². The van der Waals surface area contributed by atoms with Crippen molar-refractivity contribution in [1.29, 1.82) is 0 Å². The van der Waals surface area contributed by atoms with Gasteiger partial charge in [0.1, 0.15) is 5.01 Å². The van der Waals surface area contributed by atoms with Gasteiger partial charge in [-0.15, -0.1) is 11.3 Å². The van der Waals surface area contributed by atoms with Crippen LogP contribution in [-0.2, 0) is 16.0 Å². The van der Waals surface area contributed by atoms with Crippen molar-refractivity contribution in [2.75, 3.05) is 26.4 Å². The van der Waals surface area contributed by atoms with Gasteiger partial charge in [-0.3, -0.25) is 9.78 Å². The smallest absolute Gasteiger partial charge is 0.220 e. The third kappa shape index (κ3) is 4.84. The van der Waals surface area contributed by atoms with Crippen LogP contribution in [0.4, 0.5) is 0 Å². The molecule has 0 spiro atoms. The van der Waals surface area contributed by atoms with Gasteiger partial charge in [0.05, 0.1) is 12.3 Å². The molecule has 2 N–H and O–H groups in total. The predicted molar refractivity (Wildman–Crippen MR) is 96.2 cm³/mol. The largest absolute Gasteiger partial charge is 0.396 e. The monoisotopic (exact) mass is 361 g/mol. The number of rotatable bonds is 7. The molecule has 1 aliphatic heterocycles. The Bertz CT molecular complexity index is 684. The summed E-state index contributed by atoms with van der Waals surface area (Å²) in [6.45, 7) is 1.87. The fraction of sp³-hybridized carbons (Fsp3) is 0.500. The van der Waals surface area contributed by atoms with E-state index in [-0.39, 0.29) is 17.9 Å². The van der Waals surface area contributed by atoms with Gasteiger partial charge in [0.2, 0.25) is 5.91 Å². The van der Waals surface area contributed by atoms with E-state index in [0.29, 0.717) is 32.6 Å². The molecule has 0 aromatic carbocycles. The molecule has 0 aliphatic carbocycles. The molecule has 2 aromatic heterocycles. The number of carbonyl (C=O) groups excluding carboxylic acids is 1. The second-order valence-electron chi connectivity index (χ2n) is 6.43. The first kappa shape index (κ1) is 18.0. The standard InChI is InChI=1S/C18H23N3O3S/c22-13-18(5-8-24-9-6-18)12-20-16(23)4-3-15-11-25-17(21-15)14-2-1-7-19-10-14/h1-2,7,10-11,22H,3-6,8-9,12-13H2,(H,20,23). The van der Waals surface area contributed by atoms with Crippen LogP contribution in [0.5, 0.6) is 0 Å². The van der Waals surface area contributed by atoms with Gasteiger partial charge in [0, 0.05) is 54.9 Å². The molecule has 1 aliphatic rings. The van der Waals surface area contributed by atoms with Crippen molar-refractivity contribution in [3.63, 3.8) is 0 Å². The van der Waals surface area contributed by atoms with Crippen LogP contribution >= 0.6 is 11.3 Å². The zero-order valence-electron chi connectivity index (χ0n) is 14.1. The molecule has 1 saturated heterocycles. The molecule has 0 atom stereocenters. The molecule has 1 amide bonds. The van der Waals surface area contributed by atoms with E-state index >= 15 is 0 Å². The third-order valence-electron chi connectivity index (χ3n) is 4.62. The number of amides is 1. The van der Waals surface area contributed by atoms with Gasteiger partial charge in [-0.05, 0) is 31.4 Å². The molecule has 2 aromatic rings. The first-order valence-corrected chi connectivity index (χ1v) is 9.39. The van der Waals surface area contributed by atoms with Crippen LogP contribution in [0.2, 0.25) is 0 Å². The van der Waals surface area contributed by atoms with Gasteiger partial charge in [-0.2, -0.15) is 0 Å². The van der Waals surface area contributed by atoms with Gasteiger partial charge < -0.3 is 15.2 Å². The second kappa shape index (κ2) is 8.51. The zero-order valence-corrected chi connectivity index (χ0v) is 14.9. The SMILES string of the molecule is O=C(CCc1csc(-c2cccnc2)n1)NCC1(CO)CCOCC1. The summed E-state index contributed by atoms with van der Waals surface area (Å²) in [6, 6.07) is 3.86. The minimum atomic E-state index is -0.234. The lowest BCUT2D eigenvalue weighted by molar-refractivity contribution is -0.122. The topological polar surface area (TPSA) is 84.3 Å². The van der Waals surface area contributed by atoms with Crippen LogP contribution in [0, 0.1) is 5.41 Å². The average Bonchev–Trinajstić information content (AvgIpc) is 3.15. The molecule has 0 unspecified atom stereocenters. The minimum Gasteiger partial charge on any atom is -0.396 e. The van der Waals surface area contributed by atoms with Crippen LogP contribution in [0.1, 0.15) is 25.0 Å². The van der Waals surface area contributed by atoms with Crippen LogP contribution in [0.25, 0.3) is 10.6 Å². The molecule has 134 valence electrons. The molecule has 0 saturated carbocycles. The van der Waals surface area contributed by atoms with E-state index in [4.69, 9.17) is 4.74 Å². The second-order valence-corrected chi connectivity index (χ2v) is 7.29. The summed E-state index contributed by atoms with van der Waals surface area (Å²) in [4.78, 5) is 20.8. The number of nitrogens with one attached hydrogen (secondary N) is 1. The minimum absolute atomic E-state index is 0.00440. The van der Waals surface area contributed by atoms with Crippen molar-refractivity contribution >= 4 is 17.2 Å². The molecule has 25 heavy (non-hydrogen) atoms. The van der Waals surface area contributed by atoms with Crippen LogP contribution in [-0.4, -0.2) is 47.3 Å². The number of hydrogen-bond donors (Lipinski definition) is 2. The number of nitrogens with zero attached hydrogens (tertiary/aromatic N) is 2. The van der Waals surface area contributed by atoms with Crippen molar-refractivity contribution in [2.45, 2.75) is 25.7 Å². The van der Waals surface area contributed by atoms with E-state index < -0.39 is 0 Å². The lowest BCUT2D eigenvalue weighted by Gasteiger charge is -2.35. The van der Waals surface area contributed by atoms with E-state index in [9.17, 15) is 9.90 Å². The number of ether oxygens (including phenoxy) is 1. The quantitative estimate of drug-likeness (QED) is 0.788. The number of carbonyl (C=O) groups is 1. The Kier molecular flexibility index (Phi) is 6.12. The molecule has 6 nitrogen and oxygen atoms in total. The number of pyridine rings is 1. The fourth-order valence-electron chi connectivity index (χ4n) is 2.85. The maximum absolute atomic E-state index is 12.1. The molecule has 3 heterocycles. The molecule has 0 radical (unpaired) electrons. The molecule has 3 rings (SSSR count). The Labute approximate surface area is 151 Å². The number of aryl methyl sites for hydroxylation is 1.